The number of ether oxygens (including phenoxy) is 2. The number of hydrogen-bond acceptors (Lipinski definition) is 4. The fraction of sp³-hybridized carbons (Fsp3) is 0.714. The molecule has 3 rings (SSSR count). The van der Waals surface area contributed by atoms with E-state index in [0.717, 1.165) is 50.9 Å². The molecule has 140 valence electrons. The third-order valence-corrected chi connectivity index (χ3v) is 6.17. The Balaban J connectivity index is 1.57. The summed E-state index contributed by atoms with van der Waals surface area (Å²) in [5, 5.41) is 14.7. The maximum absolute atomic E-state index is 10.9. The first-order valence-corrected chi connectivity index (χ1v) is 9.77. The summed E-state index contributed by atoms with van der Waals surface area (Å²) in [5.41, 5.74) is 0.952. The highest BCUT2D eigenvalue weighted by atomic mass is 16.6. The van der Waals surface area contributed by atoms with E-state index in [1.165, 1.54) is 0 Å². The van der Waals surface area contributed by atoms with Crippen molar-refractivity contribution in [1.82, 2.24) is 5.32 Å². The first kappa shape index (κ1) is 18.8. The number of aliphatic hydroxyl groups excluding tert-OH is 1. The molecule has 0 radical (unpaired) electrons. The van der Waals surface area contributed by atoms with Gasteiger partial charge in [0.2, 0.25) is 0 Å². The molecular weight excluding hydrogens is 314 g/mol. The van der Waals surface area contributed by atoms with Crippen molar-refractivity contribution < 1.29 is 14.6 Å². The Morgan fingerprint density at radius 1 is 1.16 bits per heavy atom. The lowest BCUT2D eigenvalue weighted by atomic mass is 9.74. The van der Waals surface area contributed by atoms with Gasteiger partial charge in [0.25, 0.3) is 0 Å². The Morgan fingerprint density at radius 3 is 2.56 bits per heavy atom. The van der Waals surface area contributed by atoms with Crippen LogP contribution >= 0.6 is 0 Å². The number of nitrogens with one attached hydrogen (secondary N) is 1. The molecule has 1 aromatic rings. The Labute approximate surface area is 151 Å². The van der Waals surface area contributed by atoms with Crippen LogP contribution in [0.25, 0.3) is 0 Å². The Kier molecular flexibility index (Phi) is 6.50. The van der Waals surface area contributed by atoms with E-state index in [1.54, 1.807) is 0 Å². The van der Waals surface area contributed by atoms with Crippen molar-refractivity contribution in [3.05, 3.63) is 35.9 Å². The van der Waals surface area contributed by atoms with Gasteiger partial charge in [0.15, 0.2) is 6.29 Å². The van der Waals surface area contributed by atoms with Crippen LogP contribution in [-0.2, 0) is 16.1 Å². The van der Waals surface area contributed by atoms with E-state index in [4.69, 9.17) is 9.47 Å². The molecule has 3 atom stereocenters. The van der Waals surface area contributed by atoms with Gasteiger partial charge in [-0.2, -0.15) is 0 Å². The summed E-state index contributed by atoms with van der Waals surface area (Å²) in [7, 11) is 0. The van der Waals surface area contributed by atoms with Crippen LogP contribution in [0.2, 0.25) is 0 Å². The first-order valence-electron chi connectivity index (χ1n) is 9.77. The number of benzene rings is 1. The fourth-order valence-corrected chi connectivity index (χ4v) is 4.39. The summed E-state index contributed by atoms with van der Waals surface area (Å²) >= 11 is 0. The second kappa shape index (κ2) is 8.63. The molecule has 2 fully saturated rings. The maximum Gasteiger partial charge on any atom is 0.160 e. The van der Waals surface area contributed by atoms with Crippen LogP contribution in [0.4, 0.5) is 0 Å². The zero-order valence-electron chi connectivity index (χ0n) is 15.6. The molecule has 4 heteroatoms. The average Bonchev–Trinajstić information content (AvgIpc) is 3.07. The van der Waals surface area contributed by atoms with Gasteiger partial charge in [0.1, 0.15) is 0 Å². The molecule has 0 amide bonds. The Morgan fingerprint density at radius 2 is 1.88 bits per heavy atom. The van der Waals surface area contributed by atoms with Crippen molar-refractivity contribution in [2.45, 2.75) is 70.9 Å². The predicted molar refractivity (Wildman–Crippen MR) is 99.1 cm³/mol. The maximum atomic E-state index is 10.9. The topological polar surface area (TPSA) is 50.7 Å². The lowest BCUT2D eigenvalue weighted by molar-refractivity contribution is -0.195. The minimum Gasteiger partial charge on any atom is -0.381 e. The average molecular weight is 347 g/mol. The minimum atomic E-state index is -0.714. The summed E-state index contributed by atoms with van der Waals surface area (Å²) < 4.78 is 11.4. The zero-order valence-corrected chi connectivity index (χ0v) is 15.6. The van der Waals surface area contributed by atoms with Crippen LogP contribution in [0, 0.1) is 11.3 Å². The number of hydrogen-bond donors (Lipinski definition) is 2. The largest absolute Gasteiger partial charge is 0.381 e. The SMILES string of the molecule is CC(C)C1(C(O)OCc2ccccc2)CCC(NC2CCOCC2)C1. The van der Waals surface area contributed by atoms with Gasteiger partial charge in [-0.3, -0.25) is 0 Å². The monoisotopic (exact) mass is 347 g/mol. The number of rotatable bonds is 7. The van der Waals surface area contributed by atoms with Crippen molar-refractivity contribution in [1.29, 1.82) is 0 Å². The smallest absolute Gasteiger partial charge is 0.160 e. The molecule has 2 N–H and O–H groups in total. The molecule has 0 spiro atoms. The predicted octanol–water partition coefficient (Wildman–Crippen LogP) is 3.49. The van der Waals surface area contributed by atoms with Gasteiger partial charge in [-0.05, 0) is 43.6 Å². The van der Waals surface area contributed by atoms with Crippen LogP contribution in [-0.4, -0.2) is 36.7 Å². The highest BCUT2D eigenvalue weighted by molar-refractivity contribution is 5.13. The zero-order chi connectivity index (χ0) is 17.7. The number of aliphatic hydroxyl groups is 1. The lowest BCUT2D eigenvalue weighted by Crippen LogP contribution is -2.44. The lowest BCUT2D eigenvalue weighted by Gasteiger charge is -2.38. The normalized spacial score (nSPS) is 29.2. The molecule has 1 saturated carbocycles. The minimum absolute atomic E-state index is 0.155. The van der Waals surface area contributed by atoms with Gasteiger partial charge in [0, 0.05) is 30.7 Å². The molecule has 4 nitrogen and oxygen atoms in total. The summed E-state index contributed by atoms with van der Waals surface area (Å²) in [6, 6.07) is 11.1. The summed E-state index contributed by atoms with van der Waals surface area (Å²) in [6.07, 6.45) is 4.59. The molecule has 0 aromatic heterocycles. The Bertz CT molecular complexity index is 515. The fourth-order valence-electron chi connectivity index (χ4n) is 4.39. The third-order valence-electron chi connectivity index (χ3n) is 6.17. The molecule has 1 aliphatic carbocycles. The molecule has 25 heavy (non-hydrogen) atoms. The van der Waals surface area contributed by atoms with E-state index in [2.05, 4.69) is 19.2 Å². The molecule has 0 bridgehead atoms. The van der Waals surface area contributed by atoms with Crippen molar-refractivity contribution in [2.24, 2.45) is 11.3 Å². The summed E-state index contributed by atoms with van der Waals surface area (Å²) in [4.78, 5) is 0. The van der Waals surface area contributed by atoms with Crippen LogP contribution in [0.15, 0.2) is 30.3 Å². The van der Waals surface area contributed by atoms with Crippen LogP contribution < -0.4 is 5.32 Å². The quantitative estimate of drug-likeness (QED) is 0.742. The van der Waals surface area contributed by atoms with E-state index >= 15 is 0 Å². The van der Waals surface area contributed by atoms with Crippen LogP contribution in [0.3, 0.4) is 0 Å². The molecule has 2 aliphatic rings. The highest BCUT2D eigenvalue weighted by Crippen LogP contribution is 2.47. The van der Waals surface area contributed by atoms with Crippen molar-refractivity contribution in [3.8, 4) is 0 Å². The van der Waals surface area contributed by atoms with E-state index in [0.29, 0.717) is 24.6 Å². The van der Waals surface area contributed by atoms with Gasteiger partial charge in [0.05, 0.1) is 6.61 Å². The summed E-state index contributed by atoms with van der Waals surface area (Å²) in [6.45, 7) is 6.62. The van der Waals surface area contributed by atoms with Gasteiger partial charge in [-0.25, -0.2) is 0 Å². The van der Waals surface area contributed by atoms with Crippen molar-refractivity contribution >= 4 is 0 Å². The molecule has 1 aliphatic heterocycles. The van der Waals surface area contributed by atoms with Crippen molar-refractivity contribution in [2.75, 3.05) is 13.2 Å². The third kappa shape index (κ3) is 4.62. The second-order valence-electron chi connectivity index (χ2n) is 8.03. The van der Waals surface area contributed by atoms with E-state index in [1.807, 2.05) is 30.3 Å². The van der Waals surface area contributed by atoms with E-state index in [9.17, 15) is 5.11 Å². The van der Waals surface area contributed by atoms with Crippen LogP contribution in [0.1, 0.15) is 51.5 Å². The molecular formula is C21H33NO3. The standard InChI is InChI=1S/C21H33NO3/c1-16(2)21(20(23)25-15-17-6-4-3-5-7-17)11-8-19(14-21)22-18-9-12-24-13-10-18/h3-7,16,18-20,22-23H,8-15H2,1-2H3. The van der Waals surface area contributed by atoms with Gasteiger partial charge < -0.3 is 19.9 Å². The van der Waals surface area contributed by atoms with Gasteiger partial charge >= 0.3 is 0 Å². The molecule has 3 unspecified atom stereocenters. The molecule has 1 heterocycles. The molecule has 1 saturated heterocycles. The van der Waals surface area contributed by atoms with Gasteiger partial charge in [-0.15, -0.1) is 0 Å². The van der Waals surface area contributed by atoms with E-state index in [-0.39, 0.29) is 5.41 Å². The Hall–Kier alpha value is -0.940. The van der Waals surface area contributed by atoms with Gasteiger partial charge in [-0.1, -0.05) is 44.2 Å². The first-order chi connectivity index (χ1) is 12.1. The second-order valence-corrected chi connectivity index (χ2v) is 8.03. The summed E-state index contributed by atoms with van der Waals surface area (Å²) in [5.74, 6) is 0.389. The highest BCUT2D eigenvalue weighted by Gasteiger charge is 2.47. The van der Waals surface area contributed by atoms with E-state index < -0.39 is 6.29 Å². The van der Waals surface area contributed by atoms with Crippen molar-refractivity contribution in [3.63, 3.8) is 0 Å². The molecule has 1 aromatic carbocycles. The van der Waals surface area contributed by atoms with Crippen LogP contribution in [0.5, 0.6) is 0 Å².